The Morgan fingerprint density at radius 3 is 2.42 bits per heavy atom. The minimum absolute atomic E-state index is 0.180. The molecule has 1 rings (SSSR count). The lowest BCUT2D eigenvalue weighted by molar-refractivity contribution is -0.140. The van der Waals surface area contributed by atoms with Crippen LogP contribution in [0.15, 0.2) is 23.1 Å². The van der Waals surface area contributed by atoms with Crippen LogP contribution in [0.1, 0.15) is 19.4 Å². The summed E-state index contributed by atoms with van der Waals surface area (Å²) in [7, 11) is -4.21. The van der Waals surface area contributed by atoms with Gasteiger partial charge in [0.1, 0.15) is 16.8 Å². The molecule has 7 heteroatoms. The second-order valence-electron chi connectivity index (χ2n) is 4.57. The number of hydrogen-bond acceptors (Lipinski definition) is 3. The number of carboxylic acid groups (broad SMARTS) is 1. The molecule has 1 atom stereocenters. The second kappa shape index (κ2) is 5.66. The zero-order valence-electron chi connectivity index (χ0n) is 10.8. The number of sulfonamides is 1. The highest BCUT2D eigenvalue weighted by Crippen LogP contribution is 2.18. The van der Waals surface area contributed by atoms with E-state index in [1.165, 1.54) is 19.1 Å². The highest BCUT2D eigenvalue weighted by molar-refractivity contribution is 7.89. The first kappa shape index (κ1) is 15.6. The van der Waals surface area contributed by atoms with Crippen molar-refractivity contribution in [1.82, 2.24) is 4.72 Å². The molecule has 0 aromatic heterocycles. The van der Waals surface area contributed by atoms with Crippen LogP contribution in [0.25, 0.3) is 0 Å². The van der Waals surface area contributed by atoms with E-state index in [1.807, 2.05) is 4.72 Å². The Bertz CT molecular complexity index is 583. The van der Waals surface area contributed by atoms with Crippen LogP contribution in [0.5, 0.6) is 0 Å². The van der Waals surface area contributed by atoms with Gasteiger partial charge in [-0.15, -0.1) is 0 Å². The lowest BCUT2D eigenvalue weighted by Gasteiger charge is -2.18. The Labute approximate surface area is 111 Å². The largest absolute Gasteiger partial charge is 0.480 e. The van der Waals surface area contributed by atoms with Crippen LogP contribution >= 0.6 is 0 Å². The van der Waals surface area contributed by atoms with Gasteiger partial charge in [-0.3, -0.25) is 4.79 Å². The molecule has 19 heavy (non-hydrogen) atoms. The molecular weight excluding hydrogens is 273 g/mol. The molecule has 1 aromatic rings. The highest BCUT2D eigenvalue weighted by atomic mass is 32.2. The Hall–Kier alpha value is -1.47. The third kappa shape index (κ3) is 3.51. The first-order valence-corrected chi connectivity index (χ1v) is 7.15. The van der Waals surface area contributed by atoms with E-state index in [0.29, 0.717) is 0 Å². The summed E-state index contributed by atoms with van der Waals surface area (Å²) in [6.45, 7) is 4.56. The molecule has 5 nitrogen and oxygen atoms in total. The van der Waals surface area contributed by atoms with Gasteiger partial charge in [0.25, 0.3) is 0 Å². The molecule has 0 unspecified atom stereocenters. The summed E-state index contributed by atoms with van der Waals surface area (Å²) in [6.07, 6.45) is 0. The lowest BCUT2D eigenvalue weighted by atomic mass is 10.1. The topological polar surface area (TPSA) is 83.5 Å². The number of halogens is 1. The summed E-state index contributed by atoms with van der Waals surface area (Å²) in [5.41, 5.74) is 0.180. The van der Waals surface area contributed by atoms with E-state index in [2.05, 4.69) is 0 Å². The van der Waals surface area contributed by atoms with Crippen LogP contribution in [0.2, 0.25) is 0 Å². The van der Waals surface area contributed by atoms with Crippen molar-refractivity contribution in [1.29, 1.82) is 0 Å². The molecule has 0 heterocycles. The average molecular weight is 289 g/mol. The first-order valence-electron chi connectivity index (χ1n) is 5.67. The number of benzene rings is 1. The molecule has 0 aliphatic heterocycles. The number of rotatable bonds is 5. The van der Waals surface area contributed by atoms with Crippen LogP contribution in [-0.4, -0.2) is 25.5 Å². The van der Waals surface area contributed by atoms with Gasteiger partial charge in [-0.1, -0.05) is 26.0 Å². The smallest absolute Gasteiger partial charge is 0.322 e. The SMILES string of the molecule is Cc1cccc(S(=O)(=O)N[C@@H](C(=O)O)C(C)C)c1F. The normalized spacial score (nSPS) is 13.5. The van der Waals surface area contributed by atoms with Crippen molar-refractivity contribution in [2.24, 2.45) is 5.92 Å². The molecule has 0 aliphatic carbocycles. The minimum atomic E-state index is -4.21. The third-order valence-electron chi connectivity index (χ3n) is 2.66. The van der Waals surface area contributed by atoms with E-state index >= 15 is 0 Å². The molecule has 0 fully saturated rings. The monoisotopic (exact) mass is 289 g/mol. The molecule has 0 aliphatic rings. The van der Waals surface area contributed by atoms with Crippen molar-refractivity contribution >= 4 is 16.0 Å². The van der Waals surface area contributed by atoms with Gasteiger partial charge in [0.2, 0.25) is 10.0 Å². The van der Waals surface area contributed by atoms with Gasteiger partial charge in [0.15, 0.2) is 0 Å². The Morgan fingerprint density at radius 1 is 1.37 bits per heavy atom. The Kier molecular flexibility index (Phi) is 4.65. The number of carboxylic acids is 1. The van der Waals surface area contributed by atoms with E-state index in [9.17, 15) is 17.6 Å². The Morgan fingerprint density at radius 2 is 1.95 bits per heavy atom. The number of carbonyl (C=O) groups is 1. The zero-order valence-corrected chi connectivity index (χ0v) is 11.7. The minimum Gasteiger partial charge on any atom is -0.480 e. The maximum atomic E-state index is 13.8. The summed E-state index contributed by atoms with van der Waals surface area (Å²) < 4.78 is 39.8. The second-order valence-corrected chi connectivity index (χ2v) is 6.25. The van der Waals surface area contributed by atoms with Gasteiger partial charge in [0.05, 0.1) is 0 Å². The zero-order chi connectivity index (χ0) is 14.8. The quantitative estimate of drug-likeness (QED) is 0.861. The van der Waals surface area contributed by atoms with Gasteiger partial charge < -0.3 is 5.11 Å². The summed E-state index contributed by atoms with van der Waals surface area (Å²) >= 11 is 0. The third-order valence-corrected chi connectivity index (χ3v) is 4.12. The fourth-order valence-electron chi connectivity index (χ4n) is 1.53. The molecule has 2 N–H and O–H groups in total. The molecule has 0 amide bonds. The highest BCUT2D eigenvalue weighted by Gasteiger charge is 2.29. The summed E-state index contributed by atoms with van der Waals surface area (Å²) in [4.78, 5) is 10.4. The maximum Gasteiger partial charge on any atom is 0.322 e. The molecule has 0 radical (unpaired) electrons. The summed E-state index contributed by atoms with van der Waals surface area (Å²) in [5, 5.41) is 8.96. The van der Waals surface area contributed by atoms with Crippen LogP contribution in [0.4, 0.5) is 4.39 Å². The van der Waals surface area contributed by atoms with Gasteiger partial charge in [-0.05, 0) is 24.5 Å². The summed E-state index contributed by atoms with van der Waals surface area (Å²) in [5.74, 6) is -2.63. The summed E-state index contributed by atoms with van der Waals surface area (Å²) in [6, 6.07) is 2.64. The molecule has 0 saturated carbocycles. The lowest BCUT2D eigenvalue weighted by Crippen LogP contribution is -2.44. The van der Waals surface area contributed by atoms with Crippen molar-refractivity contribution < 1.29 is 22.7 Å². The number of aryl methyl sites for hydroxylation is 1. The molecule has 1 aromatic carbocycles. The van der Waals surface area contributed by atoms with Crippen molar-refractivity contribution in [2.75, 3.05) is 0 Å². The predicted octanol–water partition coefficient (Wildman–Crippen LogP) is 1.52. The molecule has 106 valence electrons. The van der Waals surface area contributed by atoms with Gasteiger partial charge in [-0.25, -0.2) is 12.8 Å². The van der Waals surface area contributed by atoms with E-state index in [-0.39, 0.29) is 5.56 Å². The van der Waals surface area contributed by atoms with Crippen LogP contribution < -0.4 is 4.72 Å². The molecule has 0 spiro atoms. The van der Waals surface area contributed by atoms with Crippen molar-refractivity contribution in [2.45, 2.75) is 31.7 Å². The number of hydrogen-bond donors (Lipinski definition) is 2. The van der Waals surface area contributed by atoms with Gasteiger partial charge >= 0.3 is 5.97 Å². The fraction of sp³-hybridized carbons (Fsp3) is 0.417. The van der Waals surface area contributed by atoms with Crippen LogP contribution in [0.3, 0.4) is 0 Å². The van der Waals surface area contributed by atoms with E-state index < -0.39 is 38.7 Å². The van der Waals surface area contributed by atoms with Crippen molar-refractivity contribution in [3.8, 4) is 0 Å². The number of nitrogens with one attached hydrogen (secondary N) is 1. The van der Waals surface area contributed by atoms with E-state index in [1.54, 1.807) is 13.8 Å². The maximum absolute atomic E-state index is 13.8. The average Bonchev–Trinajstić information content (AvgIpc) is 2.28. The molecule has 0 saturated heterocycles. The Balaban J connectivity index is 3.18. The van der Waals surface area contributed by atoms with Gasteiger partial charge in [-0.2, -0.15) is 4.72 Å². The number of aliphatic carboxylic acids is 1. The fourth-order valence-corrected chi connectivity index (χ4v) is 3.02. The standard InChI is InChI=1S/C12H16FNO4S/c1-7(2)11(12(15)16)14-19(17,18)9-6-4-5-8(3)10(9)13/h4-7,11,14H,1-3H3,(H,15,16)/t11-/m1/s1. The van der Waals surface area contributed by atoms with E-state index in [0.717, 1.165) is 6.07 Å². The molecule has 0 bridgehead atoms. The van der Waals surface area contributed by atoms with E-state index in [4.69, 9.17) is 5.11 Å². The van der Waals surface area contributed by atoms with Gasteiger partial charge in [0, 0.05) is 0 Å². The van der Waals surface area contributed by atoms with Crippen LogP contribution in [0, 0.1) is 18.7 Å². The van der Waals surface area contributed by atoms with Crippen molar-refractivity contribution in [3.63, 3.8) is 0 Å². The molecular formula is C12H16FNO4S. The first-order chi connectivity index (χ1) is 8.66. The predicted molar refractivity (Wildman–Crippen MR) is 67.7 cm³/mol. The van der Waals surface area contributed by atoms with Crippen LogP contribution in [-0.2, 0) is 14.8 Å². The van der Waals surface area contributed by atoms with Crippen molar-refractivity contribution in [3.05, 3.63) is 29.6 Å².